The second-order valence-corrected chi connectivity index (χ2v) is 3.83. The van der Waals surface area contributed by atoms with E-state index in [0.29, 0.717) is 12.1 Å². The first-order valence-electron chi connectivity index (χ1n) is 5.26. The predicted octanol–water partition coefficient (Wildman–Crippen LogP) is 0.690. The van der Waals surface area contributed by atoms with E-state index >= 15 is 0 Å². The fraction of sp³-hybridized carbons (Fsp3) is 0.333. The molecule has 0 heterocycles. The highest BCUT2D eigenvalue weighted by molar-refractivity contribution is 5.96. The van der Waals surface area contributed by atoms with Gasteiger partial charge in [-0.15, -0.1) is 0 Å². The Hall–Kier alpha value is -1.88. The summed E-state index contributed by atoms with van der Waals surface area (Å²) >= 11 is 0. The molecule has 0 aliphatic heterocycles. The van der Waals surface area contributed by atoms with E-state index in [2.05, 4.69) is 0 Å². The lowest BCUT2D eigenvalue weighted by atomic mass is 10.1. The van der Waals surface area contributed by atoms with E-state index in [1.165, 1.54) is 18.9 Å². The van der Waals surface area contributed by atoms with E-state index in [-0.39, 0.29) is 5.91 Å². The Labute approximate surface area is 99.8 Å². The van der Waals surface area contributed by atoms with Gasteiger partial charge in [-0.3, -0.25) is 4.79 Å². The largest absolute Gasteiger partial charge is 0.480 e. The Morgan fingerprint density at radius 3 is 2.29 bits per heavy atom. The van der Waals surface area contributed by atoms with Gasteiger partial charge in [0.05, 0.1) is 0 Å². The molecule has 0 fully saturated rings. The van der Waals surface area contributed by atoms with Crippen molar-refractivity contribution in [3.63, 3.8) is 0 Å². The van der Waals surface area contributed by atoms with Gasteiger partial charge in [-0.1, -0.05) is 12.1 Å². The summed E-state index contributed by atoms with van der Waals surface area (Å²) in [7, 11) is 1.47. The normalized spacial score (nSPS) is 11.9. The van der Waals surface area contributed by atoms with Gasteiger partial charge in [0, 0.05) is 19.2 Å². The van der Waals surface area contributed by atoms with E-state index in [4.69, 9.17) is 10.8 Å². The highest BCUT2D eigenvalue weighted by Gasteiger charge is 2.22. The zero-order valence-electron chi connectivity index (χ0n) is 9.88. The van der Waals surface area contributed by atoms with Crippen LogP contribution in [0, 0.1) is 0 Å². The molecule has 1 aromatic carbocycles. The number of carboxylic acids is 1. The number of benzene rings is 1. The lowest BCUT2D eigenvalue weighted by molar-refractivity contribution is -0.141. The smallest absolute Gasteiger partial charge is 0.326 e. The average molecular weight is 236 g/mol. The second-order valence-electron chi connectivity index (χ2n) is 3.83. The second kappa shape index (κ2) is 5.45. The number of amides is 1. The minimum absolute atomic E-state index is 0.316. The van der Waals surface area contributed by atoms with Gasteiger partial charge >= 0.3 is 5.97 Å². The minimum atomic E-state index is -1.03. The molecule has 0 aliphatic carbocycles. The van der Waals surface area contributed by atoms with Gasteiger partial charge in [0.15, 0.2) is 0 Å². The highest BCUT2D eigenvalue weighted by Crippen LogP contribution is 2.08. The van der Waals surface area contributed by atoms with Gasteiger partial charge < -0.3 is 15.7 Å². The number of likely N-dealkylation sites (N-methyl/N-ethyl adjacent to an activating group) is 1. The van der Waals surface area contributed by atoms with Gasteiger partial charge in [0.2, 0.25) is 0 Å². The van der Waals surface area contributed by atoms with Crippen LogP contribution in [0.4, 0.5) is 0 Å². The summed E-state index contributed by atoms with van der Waals surface area (Å²) in [6.45, 7) is 1.88. The number of carboxylic acid groups (broad SMARTS) is 1. The topological polar surface area (TPSA) is 83.6 Å². The first kappa shape index (κ1) is 13.2. The third-order valence-electron chi connectivity index (χ3n) is 2.70. The molecule has 0 bridgehead atoms. The zero-order valence-corrected chi connectivity index (χ0v) is 9.88. The Balaban J connectivity index is 2.85. The van der Waals surface area contributed by atoms with Crippen LogP contribution in [-0.4, -0.2) is 35.0 Å². The molecule has 1 amide bonds. The standard InChI is InChI=1S/C12H16N2O3/c1-8(12(16)17)14(2)11(15)10-5-3-9(7-13)4-6-10/h3-6,8H,7,13H2,1-2H3,(H,16,17). The van der Waals surface area contributed by atoms with Gasteiger partial charge in [0.1, 0.15) is 6.04 Å². The number of hydrogen-bond acceptors (Lipinski definition) is 3. The maximum absolute atomic E-state index is 11.9. The Morgan fingerprint density at radius 1 is 1.35 bits per heavy atom. The Bertz CT molecular complexity index is 414. The van der Waals surface area contributed by atoms with Crippen LogP contribution in [0.5, 0.6) is 0 Å². The third-order valence-corrected chi connectivity index (χ3v) is 2.70. The monoisotopic (exact) mass is 236 g/mol. The SMILES string of the molecule is CC(C(=O)O)N(C)C(=O)c1ccc(CN)cc1. The van der Waals surface area contributed by atoms with E-state index in [1.807, 2.05) is 0 Å². The predicted molar refractivity (Wildman–Crippen MR) is 63.5 cm³/mol. The van der Waals surface area contributed by atoms with E-state index in [0.717, 1.165) is 5.56 Å². The van der Waals surface area contributed by atoms with Crippen LogP contribution >= 0.6 is 0 Å². The molecule has 0 aromatic heterocycles. The van der Waals surface area contributed by atoms with Crippen molar-refractivity contribution in [2.75, 3.05) is 7.05 Å². The van der Waals surface area contributed by atoms with Crippen molar-refractivity contribution >= 4 is 11.9 Å². The summed E-state index contributed by atoms with van der Waals surface area (Å²) in [4.78, 5) is 23.9. The summed E-state index contributed by atoms with van der Waals surface area (Å²) in [6, 6.07) is 5.96. The molecule has 0 saturated carbocycles. The van der Waals surface area contributed by atoms with E-state index in [1.54, 1.807) is 24.3 Å². The summed E-state index contributed by atoms with van der Waals surface area (Å²) < 4.78 is 0. The molecule has 0 spiro atoms. The number of carbonyl (C=O) groups is 2. The molecular formula is C12H16N2O3. The molecular weight excluding hydrogens is 220 g/mol. The van der Waals surface area contributed by atoms with Crippen LogP contribution in [0.15, 0.2) is 24.3 Å². The number of nitrogens with two attached hydrogens (primary N) is 1. The van der Waals surface area contributed by atoms with Crippen LogP contribution in [0.3, 0.4) is 0 Å². The summed E-state index contributed by atoms with van der Waals surface area (Å²) in [5, 5.41) is 8.82. The van der Waals surface area contributed by atoms with E-state index < -0.39 is 12.0 Å². The third kappa shape index (κ3) is 3.04. The Morgan fingerprint density at radius 2 is 1.88 bits per heavy atom. The van der Waals surface area contributed by atoms with Crippen molar-refractivity contribution in [1.82, 2.24) is 4.90 Å². The number of aliphatic carboxylic acids is 1. The minimum Gasteiger partial charge on any atom is -0.480 e. The molecule has 0 radical (unpaired) electrons. The molecule has 3 N–H and O–H groups in total. The van der Waals surface area contributed by atoms with Crippen LogP contribution in [0.25, 0.3) is 0 Å². The maximum Gasteiger partial charge on any atom is 0.326 e. The quantitative estimate of drug-likeness (QED) is 0.805. The lowest BCUT2D eigenvalue weighted by Crippen LogP contribution is -2.40. The van der Waals surface area contributed by atoms with Crippen LogP contribution < -0.4 is 5.73 Å². The molecule has 92 valence electrons. The zero-order chi connectivity index (χ0) is 13.0. The average Bonchev–Trinajstić information content (AvgIpc) is 2.36. The molecule has 1 unspecified atom stereocenters. The molecule has 5 nitrogen and oxygen atoms in total. The van der Waals surface area contributed by atoms with Crippen molar-refractivity contribution in [3.8, 4) is 0 Å². The fourth-order valence-corrected chi connectivity index (χ4v) is 1.33. The van der Waals surface area contributed by atoms with Crippen molar-refractivity contribution in [1.29, 1.82) is 0 Å². The van der Waals surface area contributed by atoms with Gasteiger partial charge in [-0.25, -0.2) is 4.79 Å². The molecule has 1 aromatic rings. The van der Waals surface area contributed by atoms with Gasteiger partial charge in [-0.2, -0.15) is 0 Å². The Kier molecular flexibility index (Phi) is 4.23. The molecule has 1 atom stereocenters. The first-order chi connectivity index (χ1) is 7.97. The fourth-order valence-electron chi connectivity index (χ4n) is 1.33. The molecule has 0 saturated heterocycles. The van der Waals surface area contributed by atoms with Crippen LogP contribution in [-0.2, 0) is 11.3 Å². The number of carbonyl (C=O) groups excluding carboxylic acids is 1. The highest BCUT2D eigenvalue weighted by atomic mass is 16.4. The molecule has 1 rings (SSSR count). The lowest BCUT2D eigenvalue weighted by Gasteiger charge is -2.21. The van der Waals surface area contributed by atoms with Crippen molar-refractivity contribution in [2.24, 2.45) is 5.73 Å². The number of nitrogens with zero attached hydrogens (tertiary/aromatic N) is 1. The first-order valence-corrected chi connectivity index (χ1v) is 5.26. The van der Waals surface area contributed by atoms with Crippen molar-refractivity contribution in [3.05, 3.63) is 35.4 Å². The van der Waals surface area contributed by atoms with Crippen LogP contribution in [0.1, 0.15) is 22.8 Å². The van der Waals surface area contributed by atoms with Crippen molar-refractivity contribution < 1.29 is 14.7 Å². The number of rotatable bonds is 4. The summed E-state index contributed by atoms with van der Waals surface area (Å²) in [6.07, 6.45) is 0. The van der Waals surface area contributed by atoms with Crippen LogP contribution in [0.2, 0.25) is 0 Å². The molecule has 17 heavy (non-hydrogen) atoms. The molecule has 5 heteroatoms. The molecule has 0 aliphatic rings. The summed E-state index contributed by atoms with van der Waals surface area (Å²) in [5.74, 6) is -1.34. The van der Waals surface area contributed by atoms with E-state index in [9.17, 15) is 9.59 Å². The van der Waals surface area contributed by atoms with Gasteiger partial charge in [0.25, 0.3) is 5.91 Å². The maximum atomic E-state index is 11.9. The van der Waals surface area contributed by atoms with Gasteiger partial charge in [-0.05, 0) is 24.6 Å². The van der Waals surface area contributed by atoms with Crippen molar-refractivity contribution in [2.45, 2.75) is 19.5 Å². The number of hydrogen-bond donors (Lipinski definition) is 2. The summed E-state index contributed by atoms with van der Waals surface area (Å²) in [5.41, 5.74) is 6.83.